The Balaban J connectivity index is 2.13. The summed E-state index contributed by atoms with van der Waals surface area (Å²) in [6.07, 6.45) is 3.21. The molecule has 0 atom stereocenters. The monoisotopic (exact) mass is 256 g/mol. The van der Waals surface area contributed by atoms with Gasteiger partial charge in [-0.1, -0.05) is 6.07 Å². The number of amides is 1. The Kier molecular flexibility index (Phi) is 4.07. The van der Waals surface area contributed by atoms with Crippen LogP contribution in [0.2, 0.25) is 0 Å². The van der Waals surface area contributed by atoms with E-state index in [2.05, 4.69) is 9.97 Å². The van der Waals surface area contributed by atoms with E-state index in [1.807, 2.05) is 25.1 Å². The van der Waals surface area contributed by atoms with E-state index in [4.69, 9.17) is 5.73 Å². The molecule has 19 heavy (non-hydrogen) atoms. The standard InChI is InChI=1S/C14H16N4O/c1-2-18(10-12-5-3-4-8-16-12)14(19)13-7-6-11(15)9-17-13/h3-9H,2,10,15H2,1H3. The molecule has 2 aromatic heterocycles. The van der Waals surface area contributed by atoms with Crippen LogP contribution in [0.5, 0.6) is 0 Å². The molecule has 0 saturated heterocycles. The first-order valence-corrected chi connectivity index (χ1v) is 6.11. The maximum Gasteiger partial charge on any atom is 0.272 e. The molecule has 98 valence electrons. The average molecular weight is 256 g/mol. The zero-order valence-electron chi connectivity index (χ0n) is 10.8. The van der Waals surface area contributed by atoms with Crippen molar-refractivity contribution >= 4 is 11.6 Å². The third kappa shape index (κ3) is 3.28. The largest absolute Gasteiger partial charge is 0.397 e. The van der Waals surface area contributed by atoms with Gasteiger partial charge in [-0.3, -0.25) is 9.78 Å². The van der Waals surface area contributed by atoms with Crippen molar-refractivity contribution in [1.82, 2.24) is 14.9 Å². The van der Waals surface area contributed by atoms with Gasteiger partial charge in [0.25, 0.3) is 5.91 Å². The molecule has 5 nitrogen and oxygen atoms in total. The molecule has 2 aromatic rings. The number of aromatic nitrogens is 2. The number of rotatable bonds is 4. The van der Waals surface area contributed by atoms with Gasteiger partial charge in [0.15, 0.2) is 0 Å². The van der Waals surface area contributed by atoms with Crippen LogP contribution < -0.4 is 5.73 Å². The first-order valence-electron chi connectivity index (χ1n) is 6.11. The molecule has 2 heterocycles. The third-order valence-corrected chi connectivity index (χ3v) is 2.75. The van der Waals surface area contributed by atoms with Gasteiger partial charge in [-0.15, -0.1) is 0 Å². The lowest BCUT2D eigenvalue weighted by Gasteiger charge is -2.20. The lowest BCUT2D eigenvalue weighted by Crippen LogP contribution is -2.31. The second-order valence-electron chi connectivity index (χ2n) is 4.12. The average Bonchev–Trinajstić information content (AvgIpc) is 2.46. The minimum absolute atomic E-state index is 0.117. The van der Waals surface area contributed by atoms with E-state index in [0.29, 0.717) is 24.5 Å². The summed E-state index contributed by atoms with van der Waals surface area (Å²) in [5.74, 6) is -0.117. The van der Waals surface area contributed by atoms with Gasteiger partial charge in [0.05, 0.1) is 24.1 Å². The summed E-state index contributed by atoms with van der Waals surface area (Å²) in [5.41, 5.74) is 7.36. The van der Waals surface area contributed by atoms with Gasteiger partial charge in [-0.2, -0.15) is 0 Å². The summed E-state index contributed by atoms with van der Waals surface area (Å²) < 4.78 is 0. The lowest BCUT2D eigenvalue weighted by molar-refractivity contribution is 0.0745. The van der Waals surface area contributed by atoms with E-state index in [1.165, 1.54) is 6.20 Å². The van der Waals surface area contributed by atoms with Crippen molar-refractivity contribution in [2.75, 3.05) is 12.3 Å². The van der Waals surface area contributed by atoms with Gasteiger partial charge in [-0.25, -0.2) is 4.98 Å². The van der Waals surface area contributed by atoms with Crippen LogP contribution >= 0.6 is 0 Å². The van der Waals surface area contributed by atoms with Crippen molar-refractivity contribution in [1.29, 1.82) is 0 Å². The Morgan fingerprint density at radius 1 is 1.26 bits per heavy atom. The Bertz CT molecular complexity index is 539. The Morgan fingerprint density at radius 2 is 2.11 bits per heavy atom. The van der Waals surface area contributed by atoms with Gasteiger partial charge in [0.1, 0.15) is 5.69 Å². The van der Waals surface area contributed by atoms with Gasteiger partial charge in [0, 0.05) is 12.7 Å². The summed E-state index contributed by atoms with van der Waals surface area (Å²) >= 11 is 0. The van der Waals surface area contributed by atoms with E-state index >= 15 is 0 Å². The van der Waals surface area contributed by atoms with E-state index in [0.717, 1.165) is 5.69 Å². The molecule has 0 saturated carbocycles. The lowest BCUT2D eigenvalue weighted by atomic mass is 10.2. The normalized spacial score (nSPS) is 10.2. The van der Waals surface area contributed by atoms with E-state index in [9.17, 15) is 4.79 Å². The fourth-order valence-corrected chi connectivity index (χ4v) is 1.71. The molecular weight excluding hydrogens is 240 g/mol. The predicted octanol–water partition coefficient (Wildman–Crippen LogP) is 1.72. The maximum atomic E-state index is 12.3. The Labute approximate surface area is 112 Å². The number of hydrogen-bond donors (Lipinski definition) is 1. The molecule has 0 spiro atoms. The fraction of sp³-hybridized carbons (Fsp3) is 0.214. The first kappa shape index (κ1) is 13.0. The van der Waals surface area contributed by atoms with Crippen LogP contribution in [0.4, 0.5) is 5.69 Å². The SMILES string of the molecule is CCN(Cc1ccccn1)C(=O)c1ccc(N)cn1. The highest BCUT2D eigenvalue weighted by Gasteiger charge is 2.15. The zero-order chi connectivity index (χ0) is 13.7. The quantitative estimate of drug-likeness (QED) is 0.904. The Morgan fingerprint density at radius 3 is 2.68 bits per heavy atom. The zero-order valence-corrected chi connectivity index (χ0v) is 10.8. The van der Waals surface area contributed by atoms with Gasteiger partial charge >= 0.3 is 0 Å². The summed E-state index contributed by atoms with van der Waals surface area (Å²) in [7, 11) is 0. The van der Waals surface area contributed by atoms with Crippen LogP contribution in [0, 0.1) is 0 Å². The highest BCUT2D eigenvalue weighted by atomic mass is 16.2. The molecular formula is C14H16N4O. The van der Waals surface area contributed by atoms with Crippen LogP contribution in [0.3, 0.4) is 0 Å². The third-order valence-electron chi connectivity index (χ3n) is 2.75. The number of hydrogen-bond acceptors (Lipinski definition) is 4. The van der Waals surface area contributed by atoms with Crippen molar-refractivity contribution < 1.29 is 4.79 Å². The van der Waals surface area contributed by atoms with Crippen LogP contribution in [-0.2, 0) is 6.54 Å². The van der Waals surface area contributed by atoms with E-state index in [1.54, 1.807) is 23.2 Å². The molecule has 0 unspecified atom stereocenters. The smallest absolute Gasteiger partial charge is 0.272 e. The minimum Gasteiger partial charge on any atom is -0.397 e. The molecule has 0 radical (unpaired) electrons. The first-order chi connectivity index (χ1) is 9.20. The molecule has 2 N–H and O–H groups in total. The fourth-order valence-electron chi connectivity index (χ4n) is 1.71. The molecule has 1 amide bonds. The number of anilines is 1. The molecule has 0 aromatic carbocycles. The van der Waals surface area contributed by atoms with Crippen molar-refractivity contribution in [2.24, 2.45) is 0 Å². The summed E-state index contributed by atoms with van der Waals surface area (Å²) in [6.45, 7) is 3.00. The number of nitrogens with zero attached hydrogens (tertiary/aromatic N) is 3. The molecule has 0 fully saturated rings. The molecule has 5 heteroatoms. The van der Waals surface area contributed by atoms with Crippen molar-refractivity contribution in [3.63, 3.8) is 0 Å². The number of carbonyl (C=O) groups excluding carboxylic acids is 1. The number of nitrogens with two attached hydrogens (primary N) is 1. The molecule has 0 aliphatic rings. The van der Waals surface area contributed by atoms with Crippen LogP contribution in [-0.4, -0.2) is 27.3 Å². The number of nitrogen functional groups attached to an aromatic ring is 1. The van der Waals surface area contributed by atoms with Gasteiger partial charge in [0.2, 0.25) is 0 Å². The van der Waals surface area contributed by atoms with Crippen molar-refractivity contribution in [3.05, 3.63) is 54.1 Å². The molecule has 0 aliphatic heterocycles. The Hall–Kier alpha value is -2.43. The number of pyridine rings is 2. The summed E-state index contributed by atoms with van der Waals surface area (Å²) in [4.78, 5) is 22.3. The summed E-state index contributed by atoms with van der Waals surface area (Å²) in [6, 6.07) is 8.96. The molecule has 0 aliphatic carbocycles. The second kappa shape index (κ2) is 5.95. The highest BCUT2D eigenvalue weighted by molar-refractivity contribution is 5.92. The van der Waals surface area contributed by atoms with Crippen molar-refractivity contribution in [3.8, 4) is 0 Å². The van der Waals surface area contributed by atoms with Crippen LogP contribution in [0.15, 0.2) is 42.7 Å². The van der Waals surface area contributed by atoms with Gasteiger partial charge in [-0.05, 0) is 31.2 Å². The van der Waals surface area contributed by atoms with Gasteiger partial charge < -0.3 is 10.6 Å². The maximum absolute atomic E-state index is 12.3. The number of carbonyl (C=O) groups is 1. The molecule has 2 rings (SSSR count). The highest BCUT2D eigenvalue weighted by Crippen LogP contribution is 2.08. The second-order valence-corrected chi connectivity index (χ2v) is 4.12. The molecule has 0 bridgehead atoms. The minimum atomic E-state index is -0.117. The topological polar surface area (TPSA) is 72.1 Å². The predicted molar refractivity (Wildman–Crippen MR) is 73.3 cm³/mol. The van der Waals surface area contributed by atoms with Crippen LogP contribution in [0.25, 0.3) is 0 Å². The van der Waals surface area contributed by atoms with Crippen LogP contribution in [0.1, 0.15) is 23.1 Å². The van der Waals surface area contributed by atoms with E-state index in [-0.39, 0.29) is 5.91 Å². The van der Waals surface area contributed by atoms with E-state index < -0.39 is 0 Å². The summed E-state index contributed by atoms with van der Waals surface area (Å²) in [5, 5.41) is 0. The van der Waals surface area contributed by atoms with Crippen molar-refractivity contribution in [2.45, 2.75) is 13.5 Å².